The van der Waals surface area contributed by atoms with Gasteiger partial charge in [0.15, 0.2) is 0 Å². The zero-order chi connectivity index (χ0) is 13.8. The highest BCUT2D eigenvalue weighted by Crippen LogP contribution is 2.18. The topological polar surface area (TPSA) is 50.4 Å². The monoisotopic (exact) mass is 256 g/mol. The molecule has 1 atom stereocenters. The Bertz CT molecular complexity index is 267. The van der Waals surface area contributed by atoms with Crippen LogP contribution >= 0.6 is 0 Å². The number of amides is 1. The molecule has 1 aliphatic rings. The molecule has 4 nitrogen and oxygen atoms in total. The van der Waals surface area contributed by atoms with Crippen molar-refractivity contribution in [2.45, 2.75) is 71.6 Å². The summed E-state index contributed by atoms with van der Waals surface area (Å²) in [6.07, 6.45) is 3.52. The van der Waals surface area contributed by atoms with Crippen molar-refractivity contribution in [2.24, 2.45) is 5.92 Å². The Morgan fingerprint density at radius 1 is 1.33 bits per heavy atom. The Balaban J connectivity index is 2.34. The minimum Gasteiger partial charge on any atom is -0.444 e. The molecule has 0 aromatic carbocycles. The van der Waals surface area contributed by atoms with Crippen molar-refractivity contribution < 1.29 is 9.53 Å². The highest BCUT2D eigenvalue weighted by atomic mass is 16.6. The van der Waals surface area contributed by atoms with Gasteiger partial charge in [-0.25, -0.2) is 4.79 Å². The average Bonchev–Trinajstić information content (AvgIpc) is 2.10. The largest absolute Gasteiger partial charge is 0.444 e. The Morgan fingerprint density at radius 2 is 1.94 bits per heavy atom. The molecular weight excluding hydrogens is 228 g/mol. The third kappa shape index (κ3) is 5.71. The standard InChI is InChI=1S/C14H28N2O2/c1-10(2)12(9-15-11-7-6-8-11)16-13(17)18-14(3,4)5/h10-12,15H,6-9H2,1-5H3,(H,16,17). The van der Waals surface area contributed by atoms with Gasteiger partial charge in [-0.3, -0.25) is 0 Å². The number of rotatable bonds is 5. The first kappa shape index (κ1) is 15.3. The van der Waals surface area contributed by atoms with Crippen LogP contribution in [0.25, 0.3) is 0 Å². The molecule has 0 heterocycles. The smallest absolute Gasteiger partial charge is 0.407 e. The van der Waals surface area contributed by atoms with Crippen molar-refractivity contribution in [3.05, 3.63) is 0 Å². The van der Waals surface area contributed by atoms with Gasteiger partial charge in [0.1, 0.15) is 5.60 Å². The van der Waals surface area contributed by atoms with Crippen LogP contribution < -0.4 is 10.6 Å². The predicted octanol–water partition coefficient (Wildman–Crippen LogP) is 2.68. The maximum atomic E-state index is 11.7. The van der Waals surface area contributed by atoms with Crippen molar-refractivity contribution in [3.63, 3.8) is 0 Å². The Hall–Kier alpha value is -0.770. The molecule has 1 saturated carbocycles. The minimum absolute atomic E-state index is 0.125. The van der Waals surface area contributed by atoms with Crippen LogP contribution in [0.5, 0.6) is 0 Å². The molecule has 1 fully saturated rings. The van der Waals surface area contributed by atoms with E-state index in [1.54, 1.807) is 0 Å². The number of carbonyl (C=O) groups excluding carboxylic acids is 1. The fraction of sp³-hybridized carbons (Fsp3) is 0.929. The van der Waals surface area contributed by atoms with Crippen molar-refractivity contribution >= 4 is 6.09 Å². The number of hydrogen-bond acceptors (Lipinski definition) is 3. The third-order valence-corrected chi connectivity index (χ3v) is 3.24. The van der Waals surface area contributed by atoms with Crippen LogP contribution in [0.15, 0.2) is 0 Å². The second kappa shape index (κ2) is 6.41. The van der Waals surface area contributed by atoms with Gasteiger partial charge in [0.05, 0.1) is 0 Å². The first-order valence-electron chi connectivity index (χ1n) is 7.01. The maximum absolute atomic E-state index is 11.7. The fourth-order valence-corrected chi connectivity index (χ4v) is 1.82. The lowest BCUT2D eigenvalue weighted by Crippen LogP contribution is -2.50. The minimum atomic E-state index is -0.437. The number of carbonyl (C=O) groups is 1. The van der Waals surface area contributed by atoms with E-state index in [-0.39, 0.29) is 12.1 Å². The van der Waals surface area contributed by atoms with E-state index in [0.717, 1.165) is 6.54 Å². The van der Waals surface area contributed by atoms with E-state index in [1.807, 2.05) is 20.8 Å². The highest BCUT2D eigenvalue weighted by molar-refractivity contribution is 5.68. The lowest BCUT2D eigenvalue weighted by Gasteiger charge is -2.31. The average molecular weight is 256 g/mol. The van der Waals surface area contributed by atoms with Crippen LogP contribution in [-0.4, -0.2) is 30.3 Å². The molecule has 1 unspecified atom stereocenters. The summed E-state index contributed by atoms with van der Waals surface area (Å²) in [4.78, 5) is 11.7. The first-order valence-corrected chi connectivity index (χ1v) is 7.01. The summed E-state index contributed by atoms with van der Waals surface area (Å²) in [6, 6.07) is 0.770. The molecule has 0 aromatic rings. The van der Waals surface area contributed by atoms with E-state index in [1.165, 1.54) is 19.3 Å². The van der Waals surface area contributed by atoms with Gasteiger partial charge < -0.3 is 15.4 Å². The summed E-state index contributed by atoms with van der Waals surface area (Å²) in [7, 11) is 0. The van der Waals surface area contributed by atoms with Gasteiger partial charge in [0.25, 0.3) is 0 Å². The third-order valence-electron chi connectivity index (χ3n) is 3.24. The Labute approximate surface area is 111 Å². The highest BCUT2D eigenvalue weighted by Gasteiger charge is 2.23. The van der Waals surface area contributed by atoms with Crippen LogP contribution in [0.2, 0.25) is 0 Å². The summed E-state index contributed by atoms with van der Waals surface area (Å²) < 4.78 is 5.29. The van der Waals surface area contributed by atoms with Gasteiger partial charge in [-0.1, -0.05) is 20.3 Å². The van der Waals surface area contributed by atoms with Crippen LogP contribution in [0.4, 0.5) is 4.79 Å². The number of nitrogens with one attached hydrogen (secondary N) is 2. The molecule has 0 bridgehead atoms. The van der Waals surface area contributed by atoms with Gasteiger partial charge in [-0.15, -0.1) is 0 Å². The summed E-state index contributed by atoms with van der Waals surface area (Å²) >= 11 is 0. The van der Waals surface area contributed by atoms with Crippen LogP contribution in [0.3, 0.4) is 0 Å². The van der Waals surface area contributed by atoms with Crippen LogP contribution in [0.1, 0.15) is 53.9 Å². The normalized spacial score (nSPS) is 18.3. The summed E-state index contributed by atoms with van der Waals surface area (Å²) in [5.41, 5.74) is -0.437. The molecule has 4 heteroatoms. The van der Waals surface area contributed by atoms with E-state index >= 15 is 0 Å². The zero-order valence-corrected chi connectivity index (χ0v) is 12.4. The molecule has 0 spiro atoms. The predicted molar refractivity (Wildman–Crippen MR) is 73.6 cm³/mol. The molecule has 1 aliphatic carbocycles. The summed E-state index contributed by atoms with van der Waals surface area (Å²) in [5, 5.41) is 6.45. The van der Waals surface area contributed by atoms with Crippen molar-refractivity contribution in [3.8, 4) is 0 Å². The molecule has 0 aliphatic heterocycles. The second-order valence-corrected chi connectivity index (χ2v) is 6.53. The van der Waals surface area contributed by atoms with Crippen molar-refractivity contribution in [1.82, 2.24) is 10.6 Å². The molecule has 0 saturated heterocycles. The van der Waals surface area contributed by atoms with Gasteiger partial charge >= 0.3 is 6.09 Å². The molecule has 1 amide bonds. The molecule has 0 radical (unpaired) electrons. The SMILES string of the molecule is CC(C)C(CNC1CCC1)NC(=O)OC(C)(C)C. The molecule has 1 rings (SSSR count). The van der Waals surface area contributed by atoms with Crippen LogP contribution in [-0.2, 0) is 4.74 Å². The molecule has 18 heavy (non-hydrogen) atoms. The number of ether oxygens (including phenoxy) is 1. The number of hydrogen-bond donors (Lipinski definition) is 2. The first-order chi connectivity index (χ1) is 8.28. The van der Waals surface area contributed by atoms with Crippen molar-refractivity contribution in [2.75, 3.05) is 6.54 Å². The van der Waals surface area contributed by atoms with E-state index in [4.69, 9.17) is 4.74 Å². The lowest BCUT2D eigenvalue weighted by atomic mass is 9.92. The fourth-order valence-electron chi connectivity index (χ4n) is 1.82. The van der Waals surface area contributed by atoms with Gasteiger partial charge in [0, 0.05) is 18.6 Å². The quantitative estimate of drug-likeness (QED) is 0.795. The molecule has 106 valence electrons. The van der Waals surface area contributed by atoms with E-state index in [9.17, 15) is 4.79 Å². The second-order valence-electron chi connectivity index (χ2n) is 6.53. The lowest BCUT2D eigenvalue weighted by molar-refractivity contribution is 0.0488. The van der Waals surface area contributed by atoms with Gasteiger partial charge in [-0.2, -0.15) is 0 Å². The molecule has 2 N–H and O–H groups in total. The van der Waals surface area contributed by atoms with E-state index in [0.29, 0.717) is 12.0 Å². The van der Waals surface area contributed by atoms with Gasteiger partial charge in [0.2, 0.25) is 0 Å². The summed E-state index contributed by atoms with van der Waals surface area (Å²) in [6.45, 7) is 10.7. The Morgan fingerprint density at radius 3 is 2.33 bits per heavy atom. The maximum Gasteiger partial charge on any atom is 0.407 e. The summed E-state index contributed by atoms with van der Waals surface area (Å²) in [5.74, 6) is 0.394. The molecule has 0 aromatic heterocycles. The Kier molecular flexibility index (Phi) is 5.45. The molecular formula is C14H28N2O2. The van der Waals surface area contributed by atoms with E-state index in [2.05, 4.69) is 24.5 Å². The zero-order valence-electron chi connectivity index (χ0n) is 12.4. The number of alkyl carbamates (subject to hydrolysis) is 1. The van der Waals surface area contributed by atoms with E-state index < -0.39 is 5.60 Å². The van der Waals surface area contributed by atoms with Crippen molar-refractivity contribution in [1.29, 1.82) is 0 Å². The van der Waals surface area contributed by atoms with Gasteiger partial charge in [-0.05, 0) is 39.5 Å². The van der Waals surface area contributed by atoms with Crippen LogP contribution in [0, 0.1) is 5.92 Å².